The first-order valence-corrected chi connectivity index (χ1v) is 7.36. The predicted octanol–water partition coefficient (Wildman–Crippen LogP) is 2.73. The van der Waals surface area contributed by atoms with Crippen LogP contribution in [0, 0.1) is 5.92 Å². The van der Waals surface area contributed by atoms with Crippen LogP contribution in [0.1, 0.15) is 38.2 Å². The minimum absolute atomic E-state index is 0.0570. The first-order chi connectivity index (χ1) is 9.31. The Balaban J connectivity index is 1.91. The lowest BCUT2D eigenvalue weighted by atomic mass is 9.86. The molecule has 0 bridgehead atoms. The maximum atomic E-state index is 8.85. The molecule has 3 nitrogen and oxygen atoms in total. The average Bonchev–Trinajstić information content (AvgIpc) is 2.45. The van der Waals surface area contributed by atoms with Crippen LogP contribution in [0.25, 0.3) is 0 Å². The number of ether oxygens (including phenoxy) is 1. The lowest BCUT2D eigenvalue weighted by Gasteiger charge is -2.30. The SMILES string of the molecule is CC1CCCCC1NCc1ccccc1OCCO. The Morgan fingerprint density at radius 3 is 2.84 bits per heavy atom. The van der Waals surface area contributed by atoms with Crippen molar-refractivity contribution in [3.63, 3.8) is 0 Å². The van der Waals surface area contributed by atoms with Crippen LogP contribution in [0.15, 0.2) is 24.3 Å². The van der Waals surface area contributed by atoms with E-state index in [9.17, 15) is 0 Å². The number of rotatable bonds is 6. The molecule has 2 unspecified atom stereocenters. The summed E-state index contributed by atoms with van der Waals surface area (Å²) in [6.07, 6.45) is 5.32. The molecule has 1 aliphatic rings. The van der Waals surface area contributed by atoms with Gasteiger partial charge in [0, 0.05) is 18.2 Å². The summed E-state index contributed by atoms with van der Waals surface area (Å²) in [5.74, 6) is 1.65. The Bertz CT molecular complexity index is 381. The molecular weight excluding hydrogens is 238 g/mol. The van der Waals surface area contributed by atoms with Gasteiger partial charge in [0.25, 0.3) is 0 Å². The zero-order valence-electron chi connectivity index (χ0n) is 11.8. The van der Waals surface area contributed by atoms with Gasteiger partial charge in [0.2, 0.25) is 0 Å². The van der Waals surface area contributed by atoms with Crippen LogP contribution in [-0.2, 0) is 6.54 Å². The van der Waals surface area contributed by atoms with Crippen molar-refractivity contribution in [2.45, 2.75) is 45.2 Å². The second-order valence-electron chi connectivity index (χ2n) is 5.43. The third-order valence-electron chi connectivity index (χ3n) is 3.99. The molecule has 0 aromatic heterocycles. The van der Waals surface area contributed by atoms with Gasteiger partial charge in [-0.3, -0.25) is 0 Å². The topological polar surface area (TPSA) is 41.5 Å². The van der Waals surface area contributed by atoms with Gasteiger partial charge in [0.1, 0.15) is 12.4 Å². The van der Waals surface area contributed by atoms with E-state index in [-0.39, 0.29) is 6.61 Å². The molecule has 106 valence electrons. The summed E-state index contributed by atoms with van der Waals surface area (Å²) in [6.45, 7) is 3.60. The van der Waals surface area contributed by atoms with E-state index in [0.29, 0.717) is 12.6 Å². The summed E-state index contributed by atoms with van der Waals surface area (Å²) in [5.41, 5.74) is 1.17. The fourth-order valence-corrected chi connectivity index (χ4v) is 2.81. The molecule has 19 heavy (non-hydrogen) atoms. The van der Waals surface area contributed by atoms with Crippen LogP contribution in [0.5, 0.6) is 5.75 Å². The third-order valence-corrected chi connectivity index (χ3v) is 3.99. The highest BCUT2D eigenvalue weighted by Crippen LogP contribution is 2.25. The number of para-hydroxylation sites is 1. The van der Waals surface area contributed by atoms with Gasteiger partial charge >= 0.3 is 0 Å². The van der Waals surface area contributed by atoms with Crippen LogP contribution in [0.2, 0.25) is 0 Å². The van der Waals surface area contributed by atoms with Gasteiger partial charge in [0.05, 0.1) is 6.61 Å². The molecular formula is C16H25NO2. The monoisotopic (exact) mass is 263 g/mol. The number of aliphatic hydroxyl groups is 1. The number of hydrogen-bond acceptors (Lipinski definition) is 3. The van der Waals surface area contributed by atoms with Gasteiger partial charge in [-0.1, -0.05) is 38.0 Å². The fraction of sp³-hybridized carbons (Fsp3) is 0.625. The second-order valence-corrected chi connectivity index (χ2v) is 5.43. The molecule has 1 fully saturated rings. The Morgan fingerprint density at radius 2 is 2.05 bits per heavy atom. The van der Waals surface area contributed by atoms with Gasteiger partial charge < -0.3 is 15.2 Å². The minimum Gasteiger partial charge on any atom is -0.491 e. The summed E-state index contributed by atoms with van der Waals surface area (Å²) < 4.78 is 5.56. The van der Waals surface area contributed by atoms with Gasteiger partial charge in [-0.15, -0.1) is 0 Å². The van der Waals surface area contributed by atoms with Crippen LogP contribution >= 0.6 is 0 Å². The molecule has 0 radical (unpaired) electrons. The fourth-order valence-electron chi connectivity index (χ4n) is 2.81. The van der Waals surface area contributed by atoms with Crippen molar-refractivity contribution >= 4 is 0 Å². The van der Waals surface area contributed by atoms with Crippen molar-refractivity contribution < 1.29 is 9.84 Å². The molecule has 1 aromatic carbocycles. The second kappa shape index (κ2) is 7.51. The summed E-state index contributed by atoms with van der Waals surface area (Å²) in [7, 11) is 0. The van der Waals surface area contributed by atoms with E-state index in [1.807, 2.05) is 18.2 Å². The highest BCUT2D eigenvalue weighted by atomic mass is 16.5. The summed E-state index contributed by atoms with van der Waals surface area (Å²) >= 11 is 0. The molecule has 1 saturated carbocycles. The standard InChI is InChI=1S/C16H25NO2/c1-13-6-2-4-8-15(13)17-12-14-7-3-5-9-16(14)19-11-10-18/h3,5,7,9,13,15,17-18H,2,4,6,8,10-12H2,1H3. The molecule has 0 spiro atoms. The number of hydrogen-bond donors (Lipinski definition) is 2. The normalized spacial score (nSPS) is 23.3. The van der Waals surface area contributed by atoms with Gasteiger partial charge in [-0.2, -0.15) is 0 Å². The highest BCUT2D eigenvalue weighted by Gasteiger charge is 2.20. The molecule has 1 aromatic rings. The molecule has 0 heterocycles. The zero-order valence-corrected chi connectivity index (χ0v) is 11.8. The van der Waals surface area contributed by atoms with E-state index in [0.717, 1.165) is 18.2 Å². The van der Waals surface area contributed by atoms with Crippen LogP contribution in [-0.4, -0.2) is 24.4 Å². The highest BCUT2D eigenvalue weighted by molar-refractivity contribution is 5.33. The van der Waals surface area contributed by atoms with E-state index >= 15 is 0 Å². The number of nitrogens with one attached hydrogen (secondary N) is 1. The van der Waals surface area contributed by atoms with Gasteiger partial charge in [-0.25, -0.2) is 0 Å². The first-order valence-electron chi connectivity index (χ1n) is 7.36. The molecule has 3 heteroatoms. The Morgan fingerprint density at radius 1 is 1.26 bits per heavy atom. The smallest absolute Gasteiger partial charge is 0.123 e. The Kier molecular flexibility index (Phi) is 5.67. The third kappa shape index (κ3) is 4.22. The van der Waals surface area contributed by atoms with Crippen molar-refractivity contribution in [2.75, 3.05) is 13.2 Å². The lowest BCUT2D eigenvalue weighted by molar-refractivity contribution is 0.199. The van der Waals surface area contributed by atoms with E-state index in [1.165, 1.54) is 31.2 Å². The largest absolute Gasteiger partial charge is 0.491 e. The van der Waals surface area contributed by atoms with Gasteiger partial charge in [0.15, 0.2) is 0 Å². The van der Waals surface area contributed by atoms with E-state index < -0.39 is 0 Å². The van der Waals surface area contributed by atoms with E-state index in [2.05, 4.69) is 18.3 Å². The molecule has 2 N–H and O–H groups in total. The molecule has 1 aliphatic carbocycles. The van der Waals surface area contributed by atoms with Crippen molar-refractivity contribution in [3.8, 4) is 5.75 Å². The molecule has 0 aliphatic heterocycles. The number of benzene rings is 1. The van der Waals surface area contributed by atoms with Crippen LogP contribution in [0.3, 0.4) is 0 Å². The van der Waals surface area contributed by atoms with Gasteiger partial charge in [-0.05, 0) is 24.8 Å². The lowest BCUT2D eigenvalue weighted by Crippen LogP contribution is -2.36. The maximum absolute atomic E-state index is 8.85. The van der Waals surface area contributed by atoms with E-state index in [1.54, 1.807) is 0 Å². The zero-order chi connectivity index (χ0) is 13.5. The van der Waals surface area contributed by atoms with Crippen molar-refractivity contribution in [1.29, 1.82) is 0 Å². The predicted molar refractivity (Wildman–Crippen MR) is 77.3 cm³/mol. The average molecular weight is 263 g/mol. The summed E-state index contributed by atoms with van der Waals surface area (Å²) in [6, 6.07) is 8.69. The Hall–Kier alpha value is -1.06. The first kappa shape index (κ1) is 14.4. The molecule has 2 atom stereocenters. The quantitative estimate of drug-likeness (QED) is 0.829. The molecule has 0 saturated heterocycles. The Labute approximate surface area is 116 Å². The number of aliphatic hydroxyl groups excluding tert-OH is 1. The maximum Gasteiger partial charge on any atom is 0.123 e. The van der Waals surface area contributed by atoms with Crippen molar-refractivity contribution in [2.24, 2.45) is 5.92 Å². The van der Waals surface area contributed by atoms with Crippen molar-refractivity contribution in [1.82, 2.24) is 5.32 Å². The molecule has 2 rings (SSSR count). The summed E-state index contributed by atoms with van der Waals surface area (Å²) in [5, 5.41) is 12.5. The summed E-state index contributed by atoms with van der Waals surface area (Å²) in [4.78, 5) is 0. The van der Waals surface area contributed by atoms with E-state index in [4.69, 9.17) is 9.84 Å². The minimum atomic E-state index is 0.0570. The van der Waals surface area contributed by atoms with Crippen LogP contribution < -0.4 is 10.1 Å². The molecule has 0 amide bonds. The van der Waals surface area contributed by atoms with Crippen molar-refractivity contribution in [3.05, 3.63) is 29.8 Å². The van der Waals surface area contributed by atoms with Crippen LogP contribution in [0.4, 0.5) is 0 Å².